The van der Waals surface area contributed by atoms with Crippen molar-refractivity contribution in [3.8, 4) is 0 Å². The van der Waals surface area contributed by atoms with Gasteiger partial charge in [0.25, 0.3) is 0 Å². The van der Waals surface area contributed by atoms with Gasteiger partial charge in [-0.15, -0.1) is 11.8 Å². The summed E-state index contributed by atoms with van der Waals surface area (Å²) in [5.74, 6) is 0.265. The zero-order chi connectivity index (χ0) is 15.2. The van der Waals surface area contributed by atoms with Gasteiger partial charge in [0.15, 0.2) is 0 Å². The monoisotopic (exact) mass is 325 g/mol. The number of benzene rings is 1. The van der Waals surface area contributed by atoms with Crippen molar-refractivity contribution < 1.29 is 19.1 Å². The predicted molar refractivity (Wildman–Crippen MR) is 81.9 cm³/mol. The largest absolute Gasteiger partial charge is 0.478 e. The first-order valence-electron chi connectivity index (χ1n) is 5.99. The molecule has 7 heteroatoms. The van der Waals surface area contributed by atoms with Crippen LogP contribution in [0, 0.1) is 0 Å². The fraction of sp³-hybridized carbons (Fsp3) is 0.143. The number of carboxylic acids is 1. The van der Waals surface area contributed by atoms with Crippen LogP contribution in [0.5, 0.6) is 0 Å². The third kappa shape index (κ3) is 4.54. The lowest BCUT2D eigenvalue weighted by Crippen LogP contribution is -2.15. The molecule has 1 heterocycles. The second kappa shape index (κ2) is 7.19. The minimum Gasteiger partial charge on any atom is -0.478 e. The Hall–Kier alpha value is -1.92. The molecule has 0 saturated carbocycles. The number of halogens is 1. The molecule has 0 bridgehead atoms. The third-order valence-corrected chi connectivity index (χ3v) is 3.83. The summed E-state index contributed by atoms with van der Waals surface area (Å²) in [4.78, 5) is 22.7. The first-order valence-corrected chi connectivity index (χ1v) is 7.52. The molecule has 0 aliphatic heterocycles. The van der Waals surface area contributed by atoms with Crippen LogP contribution in [-0.2, 0) is 10.5 Å². The van der Waals surface area contributed by atoms with E-state index >= 15 is 0 Å². The molecule has 1 aromatic heterocycles. The lowest BCUT2D eigenvalue weighted by molar-refractivity contribution is -0.113. The van der Waals surface area contributed by atoms with E-state index in [0.717, 1.165) is 5.76 Å². The molecule has 0 aliphatic rings. The van der Waals surface area contributed by atoms with Gasteiger partial charge in [-0.2, -0.15) is 0 Å². The molecule has 0 atom stereocenters. The van der Waals surface area contributed by atoms with E-state index < -0.39 is 5.97 Å². The number of thioether (sulfide) groups is 1. The van der Waals surface area contributed by atoms with E-state index in [1.165, 1.54) is 30.0 Å². The average Bonchev–Trinajstić information content (AvgIpc) is 2.94. The first-order chi connectivity index (χ1) is 10.1. The molecule has 0 fully saturated rings. The fourth-order valence-corrected chi connectivity index (χ4v) is 2.47. The number of anilines is 1. The van der Waals surface area contributed by atoms with Crippen LogP contribution in [0.3, 0.4) is 0 Å². The fourth-order valence-electron chi connectivity index (χ4n) is 1.58. The molecule has 5 nitrogen and oxygen atoms in total. The number of carbonyl (C=O) groups excluding carboxylic acids is 1. The van der Waals surface area contributed by atoms with E-state index in [1.54, 1.807) is 12.3 Å². The lowest BCUT2D eigenvalue weighted by Gasteiger charge is -2.08. The molecule has 1 amide bonds. The van der Waals surface area contributed by atoms with Crippen LogP contribution in [-0.4, -0.2) is 22.7 Å². The molecule has 110 valence electrons. The van der Waals surface area contributed by atoms with Crippen LogP contribution in [0.15, 0.2) is 41.0 Å². The van der Waals surface area contributed by atoms with Crippen LogP contribution < -0.4 is 5.32 Å². The Morgan fingerprint density at radius 1 is 1.33 bits per heavy atom. The van der Waals surface area contributed by atoms with E-state index in [2.05, 4.69) is 5.32 Å². The van der Waals surface area contributed by atoms with E-state index in [4.69, 9.17) is 21.1 Å². The highest BCUT2D eigenvalue weighted by molar-refractivity contribution is 7.99. The Kier molecular flexibility index (Phi) is 5.30. The summed E-state index contributed by atoms with van der Waals surface area (Å²) in [5, 5.41) is 11.8. The van der Waals surface area contributed by atoms with Crippen molar-refractivity contribution in [2.45, 2.75) is 5.75 Å². The Balaban J connectivity index is 1.90. The number of carbonyl (C=O) groups is 2. The summed E-state index contributed by atoms with van der Waals surface area (Å²) >= 11 is 7.32. The summed E-state index contributed by atoms with van der Waals surface area (Å²) in [6.45, 7) is 0. The Morgan fingerprint density at radius 3 is 2.81 bits per heavy atom. The van der Waals surface area contributed by atoms with Crippen molar-refractivity contribution in [1.29, 1.82) is 0 Å². The van der Waals surface area contributed by atoms with Gasteiger partial charge in [0, 0.05) is 0 Å². The van der Waals surface area contributed by atoms with E-state index in [-0.39, 0.29) is 17.2 Å². The van der Waals surface area contributed by atoms with Crippen molar-refractivity contribution in [3.05, 3.63) is 52.9 Å². The number of furan rings is 1. The highest BCUT2D eigenvalue weighted by atomic mass is 35.5. The summed E-state index contributed by atoms with van der Waals surface area (Å²) in [7, 11) is 0. The summed E-state index contributed by atoms with van der Waals surface area (Å²) in [6, 6.07) is 7.77. The first kappa shape index (κ1) is 15.5. The molecule has 1 aromatic carbocycles. The normalized spacial score (nSPS) is 10.3. The van der Waals surface area contributed by atoms with Crippen molar-refractivity contribution >= 4 is 40.9 Å². The van der Waals surface area contributed by atoms with E-state index in [9.17, 15) is 9.59 Å². The predicted octanol–water partition coefficient (Wildman–Crippen LogP) is 3.50. The molecular weight excluding hydrogens is 314 g/mol. The summed E-state index contributed by atoms with van der Waals surface area (Å²) < 4.78 is 5.16. The van der Waals surface area contributed by atoms with Gasteiger partial charge in [-0.25, -0.2) is 4.79 Å². The number of hydrogen-bond donors (Lipinski definition) is 2. The van der Waals surface area contributed by atoms with Gasteiger partial charge in [-0.05, 0) is 30.3 Å². The van der Waals surface area contributed by atoms with Gasteiger partial charge in [0.2, 0.25) is 5.91 Å². The minimum absolute atomic E-state index is 0.0675. The number of aromatic carboxylic acids is 1. The second-order valence-electron chi connectivity index (χ2n) is 4.12. The highest BCUT2D eigenvalue weighted by Gasteiger charge is 2.10. The van der Waals surface area contributed by atoms with E-state index in [1.807, 2.05) is 6.07 Å². The van der Waals surface area contributed by atoms with Crippen LogP contribution in [0.2, 0.25) is 5.02 Å². The smallest absolute Gasteiger partial charge is 0.335 e. The van der Waals surface area contributed by atoms with Gasteiger partial charge in [0.05, 0.1) is 34.0 Å². The van der Waals surface area contributed by atoms with Crippen LogP contribution in [0.1, 0.15) is 16.1 Å². The Morgan fingerprint density at radius 2 is 2.14 bits per heavy atom. The highest BCUT2D eigenvalue weighted by Crippen LogP contribution is 2.23. The second-order valence-corrected chi connectivity index (χ2v) is 5.51. The Labute approximate surface area is 130 Å². The topological polar surface area (TPSA) is 79.5 Å². The van der Waals surface area contributed by atoms with E-state index in [0.29, 0.717) is 16.5 Å². The SMILES string of the molecule is O=C(CSCc1ccco1)Nc1cc(C(=O)O)ccc1Cl. The molecule has 21 heavy (non-hydrogen) atoms. The summed E-state index contributed by atoms with van der Waals surface area (Å²) in [6.07, 6.45) is 1.58. The number of nitrogens with one attached hydrogen (secondary N) is 1. The average molecular weight is 326 g/mol. The number of carboxylic acid groups (broad SMARTS) is 1. The van der Waals surface area contributed by atoms with Gasteiger partial charge < -0.3 is 14.8 Å². The molecule has 2 N–H and O–H groups in total. The number of amides is 1. The quantitative estimate of drug-likeness (QED) is 0.849. The van der Waals surface area contributed by atoms with Crippen molar-refractivity contribution in [2.24, 2.45) is 0 Å². The van der Waals surface area contributed by atoms with Gasteiger partial charge >= 0.3 is 5.97 Å². The molecule has 0 unspecified atom stereocenters. The molecule has 2 aromatic rings. The van der Waals surface area contributed by atoms with Crippen LogP contribution in [0.4, 0.5) is 5.69 Å². The van der Waals surface area contributed by atoms with Crippen LogP contribution >= 0.6 is 23.4 Å². The van der Waals surface area contributed by atoms with Crippen molar-refractivity contribution in [1.82, 2.24) is 0 Å². The third-order valence-electron chi connectivity index (χ3n) is 2.54. The number of rotatable bonds is 6. The van der Waals surface area contributed by atoms with Gasteiger partial charge in [0.1, 0.15) is 5.76 Å². The van der Waals surface area contributed by atoms with Crippen molar-refractivity contribution in [2.75, 3.05) is 11.1 Å². The Bertz CT molecular complexity index is 642. The maximum atomic E-state index is 11.8. The zero-order valence-electron chi connectivity index (χ0n) is 10.8. The van der Waals surface area contributed by atoms with Gasteiger partial charge in [-0.1, -0.05) is 11.6 Å². The molecule has 0 saturated heterocycles. The molecule has 0 aliphatic carbocycles. The molecule has 2 rings (SSSR count). The van der Waals surface area contributed by atoms with Gasteiger partial charge in [-0.3, -0.25) is 4.79 Å². The maximum absolute atomic E-state index is 11.8. The van der Waals surface area contributed by atoms with Crippen molar-refractivity contribution in [3.63, 3.8) is 0 Å². The molecule has 0 radical (unpaired) electrons. The summed E-state index contributed by atoms with van der Waals surface area (Å²) in [5.41, 5.74) is 0.359. The van der Waals surface area contributed by atoms with Crippen LogP contribution in [0.25, 0.3) is 0 Å². The maximum Gasteiger partial charge on any atom is 0.335 e. The minimum atomic E-state index is -1.07. The molecular formula is C14H12ClNO4S. The number of hydrogen-bond acceptors (Lipinski definition) is 4. The lowest BCUT2D eigenvalue weighted by atomic mass is 10.2. The zero-order valence-corrected chi connectivity index (χ0v) is 12.4. The standard InChI is InChI=1S/C14H12ClNO4S/c15-11-4-3-9(14(18)19)6-12(11)16-13(17)8-21-7-10-2-1-5-20-10/h1-6H,7-8H2,(H,16,17)(H,18,19). The molecule has 0 spiro atoms.